The van der Waals surface area contributed by atoms with Gasteiger partial charge in [0.1, 0.15) is 11.4 Å². The Labute approximate surface area is 146 Å². The van der Waals surface area contributed by atoms with Gasteiger partial charge in [-0.1, -0.05) is 13.0 Å². The third kappa shape index (κ3) is 2.79. The summed E-state index contributed by atoms with van der Waals surface area (Å²) in [6.07, 6.45) is 3.83. The fourth-order valence-electron chi connectivity index (χ4n) is 2.67. The van der Waals surface area contributed by atoms with Gasteiger partial charge in [-0.15, -0.1) is 0 Å². The highest BCUT2D eigenvalue weighted by Gasteiger charge is 2.13. The molecule has 3 nitrogen and oxygen atoms in total. The van der Waals surface area contributed by atoms with E-state index in [1.54, 1.807) is 7.11 Å². The van der Waals surface area contributed by atoms with Gasteiger partial charge in [-0.25, -0.2) is 4.98 Å². The van der Waals surface area contributed by atoms with E-state index in [4.69, 9.17) is 9.72 Å². The highest BCUT2D eigenvalue weighted by Crippen LogP contribution is 2.35. The maximum absolute atomic E-state index is 5.37. The van der Waals surface area contributed by atoms with E-state index in [9.17, 15) is 0 Å². The van der Waals surface area contributed by atoms with Crippen LogP contribution in [-0.2, 0) is 12.8 Å². The van der Waals surface area contributed by atoms with Crippen molar-refractivity contribution in [1.82, 2.24) is 9.38 Å². The number of imidazole rings is 1. The van der Waals surface area contributed by atoms with Gasteiger partial charge in [0.05, 0.1) is 21.7 Å². The second-order valence-electron chi connectivity index (χ2n) is 5.06. The van der Waals surface area contributed by atoms with Crippen LogP contribution in [0.1, 0.15) is 23.9 Å². The molecule has 0 aliphatic heterocycles. The third-order valence-corrected chi connectivity index (χ3v) is 4.86. The Balaban J connectivity index is 2.07. The average Bonchev–Trinajstić information content (AvgIpc) is 2.85. The van der Waals surface area contributed by atoms with E-state index in [2.05, 4.69) is 61.5 Å². The zero-order valence-electron chi connectivity index (χ0n) is 12.4. The molecule has 22 heavy (non-hydrogen) atoms. The Hall–Kier alpha value is -1.33. The first kappa shape index (κ1) is 15.6. The highest BCUT2D eigenvalue weighted by atomic mass is 79.9. The molecule has 1 aromatic carbocycles. The predicted molar refractivity (Wildman–Crippen MR) is 95.8 cm³/mol. The number of aryl methyl sites for hydroxylation is 1. The number of aromatic nitrogens is 2. The first-order chi connectivity index (χ1) is 10.6. The average molecular weight is 424 g/mol. The summed E-state index contributed by atoms with van der Waals surface area (Å²) in [6.45, 7) is 2.14. The molecular weight excluding hydrogens is 408 g/mol. The summed E-state index contributed by atoms with van der Waals surface area (Å²) < 4.78 is 9.44. The van der Waals surface area contributed by atoms with E-state index >= 15 is 0 Å². The van der Waals surface area contributed by atoms with Gasteiger partial charge in [-0.05, 0) is 68.1 Å². The SMILES string of the molecule is CCc1nc2ccccn2c1Cc1cc(Br)c(OC)c(Br)c1. The standard InChI is InChI=1S/C17H16Br2N2O/c1-3-14-15(21-7-5-4-6-16(21)20-14)10-11-8-12(18)17(22-2)13(19)9-11/h4-9H,3,10H2,1-2H3. The maximum atomic E-state index is 5.37. The fraction of sp³-hybridized carbons (Fsp3) is 0.235. The number of hydrogen-bond donors (Lipinski definition) is 0. The molecule has 3 rings (SSSR count). The van der Waals surface area contributed by atoms with Crippen LogP contribution in [-0.4, -0.2) is 16.5 Å². The van der Waals surface area contributed by atoms with E-state index in [0.717, 1.165) is 38.9 Å². The van der Waals surface area contributed by atoms with Crippen molar-refractivity contribution in [3.05, 3.63) is 62.4 Å². The molecule has 0 saturated heterocycles. The van der Waals surface area contributed by atoms with Crippen molar-refractivity contribution in [2.45, 2.75) is 19.8 Å². The Morgan fingerprint density at radius 1 is 1.18 bits per heavy atom. The lowest BCUT2D eigenvalue weighted by atomic mass is 10.1. The first-order valence-corrected chi connectivity index (χ1v) is 8.69. The van der Waals surface area contributed by atoms with Crippen molar-refractivity contribution in [3.63, 3.8) is 0 Å². The van der Waals surface area contributed by atoms with E-state index in [0.29, 0.717) is 0 Å². The summed E-state index contributed by atoms with van der Waals surface area (Å²) in [7, 11) is 1.67. The number of nitrogens with zero attached hydrogens (tertiary/aromatic N) is 2. The van der Waals surface area contributed by atoms with Crippen LogP contribution in [0, 0.1) is 0 Å². The molecule has 0 aliphatic rings. The largest absolute Gasteiger partial charge is 0.494 e. The number of methoxy groups -OCH3 is 1. The van der Waals surface area contributed by atoms with Crippen molar-refractivity contribution < 1.29 is 4.74 Å². The molecule has 0 N–H and O–H groups in total. The zero-order valence-corrected chi connectivity index (χ0v) is 15.6. The van der Waals surface area contributed by atoms with Crippen molar-refractivity contribution in [2.75, 3.05) is 7.11 Å². The second-order valence-corrected chi connectivity index (χ2v) is 6.77. The van der Waals surface area contributed by atoms with Gasteiger partial charge in [0.2, 0.25) is 0 Å². The van der Waals surface area contributed by atoms with Gasteiger partial charge in [0.25, 0.3) is 0 Å². The molecule has 0 radical (unpaired) electrons. The number of rotatable bonds is 4. The second kappa shape index (κ2) is 6.42. The van der Waals surface area contributed by atoms with Crippen molar-refractivity contribution in [2.24, 2.45) is 0 Å². The summed E-state index contributed by atoms with van der Waals surface area (Å²) in [6, 6.07) is 10.3. The van der Waals surface area contributed by atoms with E-state index < -0.39 is 0 Å². The minimum atomic E-state index is 0.817. The quantitative estimate of drug-likeness (QED) is 0.588. The van der Waals surface area contributed by atoms with Gasteiger partial charge in [-0.3, -0.25) is 0 Å². The molecule has 0 saturated carbocycles. The molecule has 0 fully saturated rings. The topological polar surface area (TPSA) is 26.5 Å². The van der Waals surface area contributed by atoms with Crippen LogP contribution < -0.4 is 4.74 Å². The van der Waals surface area contributed by atoms with Gasteiger partial charge >= 0.3 is 0 Å². The third-order valence-electron chi connectivity index (χ3n) is 3.68. The van der Waals surface area contributed by atoms with Crippen molar-refractivity contribution in [3.8, 4) is 5.75 Å². The predicted octanol–water partition coefficient (Wildman–Crippen LogP) is 5.02. The van der Waals surface area contributed by atoms with Gasteiger partial charge in [0, 0.05) is 18.3 Å². The Bertz CT molecular complexity index is 804. The van der Waals surface area contributed by atoms with Crippen LogP contribution in [0.5, 0.6) is 5.75 Å². The molecule has 0 aliphatic carbocycles. The first-order valence-electron chi connectivity index (χ1n) is 7.10. The molecule has 0 bridgehead atoms. The summed E-state index contributed by atoms with van der Waals surface area (Å²) in [5.74, 6) is 0.817. The Morgan fingerprint density at radius 2 is 1.91 bits per heavy atom. The van der Waals surface area contributed by atoms with Crippen molar-refractivity contribution >= 4 is 37.5 Å². The number of pyridine rings is 1. The number of hydrogen-bond acceptors (Lipinski definition) is 2. The molecule has 0 spiro atoms. The van der Waals surface area contributed by atoms with Gasteiger partial charge in [-0.2, -0.15) is 0 Å². The Kier molecular flexibility index (Phi) is 4.54. The van der Waals surface area contributed by atoms with Crippen LogP contribution in [0.3, 0.4) is 0 Å². The minimum absolute atomic E-state index is 0.817. The van der Waals surface area contributed by atoms with Gasteiger partial charge in [0.15, 0.2) is 0 Å². The Morgan fingerprint density at radius 3 is 2.55 bits per heavy atom. The lowest BCUT2D eigenvalue weighted by molar-refractivity contribution is 0.409. The van der Waals surface area contributed by atoms with Crippen LogP contribution in [0.25, 0.3) is 5.65 Å². The molecule has 0 amide bonds. The normalized spacial score (nSPS) is 11.1. The molecule has 2 aromatic heterocycles. The number of benzene rings is 1. The lowest BCUT2D eigenvalue weighted by Gasteiger charge is -2.10. The zero-order chi connectivity index (χ0) is 15.7. The summed E-state index contributed by atoms with van der Waals surface area (Å²) in [5.41, 5.74) is 4.59. The van der Waals surface area contributed by atoms with Crippen LogP contribution in [0.2, 0.25) is 0 Å². The van der Waals surface area contributed by atoms with Crippen LogP contribution >= 0.6 is 31.9 Å². The van der Waals surface area contributed by atoms with E-state index in [-0.39, 0.29) is 0 Å². The highest BCUT2D eigenvalue weighted by molar-refractivity contribution is 9.11. The molecule has 2 heterocycles. The summed E-state index contributed by atoms with van der Waals surface area (Å²) in [5, 5.41) is 0. The van der Waals surface area contributed by atoms with Crippen LogP contribution in [0.4, 0.5) is 0 Å². The van der Waals surface area contributed by atoms with Gasteiger partial charge < -0.3 is 9.14 Å². The monoisotopic (exact) mass is 422 g/mol. The molecular formula is C17H16Br2N2O. The number of fused-ring (bicyclic) bond motifs is 1. The number of ether oxygens (including phenoxy) is 1. The molecule has 3 aromatic rings. The van der Waals surface area contributed by atoms with E-state index in [1.165, 1.54) is 11.3 Å². The summed E-state index contributed by atoms with van der Waals surface area (Å²) in [4.78, 5) is 4.72. The maximum Gasteiger partial charge on any atom is 0.147 e. The smallest absolute Gasteiger partial charge is 0.147 e. The summed E-state index contributed by atoms with van der Waals surface area (Å²) >= 11 is 7.14. The molecule has 5 heteroatoms. The lowest BCUT2D eigenvalue weighted by Crippen LogP contribution is -1.99. The molecule has 0 atom stereocenters. The molecule has 0 unspecified atom stereocenters. The number of halogens is 2. The van der Waals surface area contributed by atoms with Crippen molar-refractivity contribution in [1.29, 1.82) is 0 Å². The minimum Gasteiger partial charge on any atom is -0.494 e. The van der Waals surface area contributed by atoms with E-state index in [1.807, 2.05) is 18.2 Å². The van der Waals surface area contributed by atoms with Crippen LogP contribution in [0.15, 0.2) is 45.5 Å². The fourth-order valence-corrected chi connectivity index (χ4v) is 4.27. The molecule has 114 valence electrons.